The van der Waals surface area contributed by atoms with Crippen molar-refractivity contribution in [2.45, 2.75) is 19.6 Å². The summed E-state index contributed by atoms with van der Waals surface area (Å²) in [5.74, 6) is 0.946. The quantitative estimate of drug-likeness (QED) is 0.824. The molecule has 0 atom stereocenters. The van der Waals surface area contributed by atoms with Crippen molar-refractivity contribution >= 4 is 35.2 Å². The van der Waals surface area contributed by atoms with E-state index in [1.54, 1.807) is 0 Å². The van der Waals surface area contributed by atoms with Crippen LogP contribution in [0.25, 0.3) is 10.9 Å². The molecule has 0 saturated heterocycles. The van der Waals surface area contributed by atoms with Gasteiger partial charge in [-0.3, -0.25) is 0 Å². The summed E-state index contributed by atoms with van der Waals surface area (Å²) in [7, 11) is -1.54. The topological polar surface area (TPSA) is 25.0 Å². The molecule has 1 N–H and O–H groups in total. The molecule has 0 radical (unpaired) electrons. The third kappa shape index (κ3) is 2.26. The Balaban J connectivity index is 2.48. The van der Waals surface area contributed by atoms with E-state index in [2.05, 4.69) is 52.7 Å². The summed E-state index contributed by atoms with van der Waals surface area (Å²) in [6.07, 6.45) is 1.94. The fourth-order valence-electron chi connectivity index (χ4n) is 1.49. The SMILES string of the molecule is C[Si](C)(C)Oc1ccc2[nH]ccc2c1Br. The van der Waals surface area contributed by atoms with E-state index in [0.29, 0.717) is 0 Å². The second-order valence-corrected chi connectivity index (χ2v) is 9.75. The van der Waals surface area contributed by atoms with Crippen LogP contribution in [0.4, 0.5) is 0 Å². The zero-order valence-electron chi connectivity index (χ0n) is 9.10. The van der Waals surface area contributed by atoms with Gasteiger partial charge in [-0.1, -0.05) is 0 Å². The fourth-order valence-corrected chi connectivity index (χ4v) is 3.02. The Kier molecular flexibility index (Phi) is 2.64. The van der Waals surface area contributed by atoms with Gasteiger partial charge in [0, 0.05) is 17.1 Å². The van der Waals surface area contributed by atoms with Crippen molar-refractivity contribution < 1.29 is 4.43 Å². The van der Waals surface area contributed by atoms with Gasteiger partial charge in [0.2, 0.25) is 8.32 Å². The average Bonchev–Trinajstić information content (AvgIpc) is 2.56. The molecular formula is C11H14BrNOSi. The number of aromatic amines is 1. The first-order valence-electron chi connectivity index (χ1n) is 4.92. The van der Waals surface area contributed by atoms with Crippen LogP contribution in [-0.4, -0.2) is 13.3 Å². The minimum atomic E-state index is -1.54. The normalized spacial score (nSPS) is 12.0. The lowest BCUT2D eigenvalue weighted by Gasteiger charge is -2.20. The molecule has 15 heavy (non-hydrogen) atoms. The zero-order chi connectivity index (χ0) is 11.1. The van der Waals surface area contributed by atoms with Crippen LogP contribution in [0, 0.1) is 0 Å². The maximum Gasteiger partial charge on any atom is 0.242 e. The van der Waals surface area contributed by atoms with Gasteiger partial charge in [0.15, 0.2) is 0 Å². The number of aromatic nitrogens is 1. The van der Waals surface area contributed by atoms with Crippen LogP contribution in [0.3, 0.4) is 0 Å². The number of nitrogens with one attached hydrogen (secondary N) is 1. The Morgan fingerprint density at radius 2 is 1.93 bits per heavy atom. The number of H-pyrrole nitrogens is 1. The number of hydrogen-bond acceptors (Lipinski definition) is 1. The van der Waals surface area contributed by atoms with E-state index in [1.807, 2.05) is 12.3 Å². The lowest BCUT2D eigenvalue weighted by Crippen LogP contribution is -2.29. The monoisotopic (exact) mass is 283 g/mol. The van der Waals surface area contributed by atoms with Gasteiger partial charge >= 0.3 is 0 Å². The summed E-state index contributed by atoms with van der Waals surface area (Å²) in [6.45, 7) is 6.54. The Hall–Kier alpha value is -0.743. The van der Waals surface area contributed by atoms with Gasteiger partial charge in [0.05, 0.1) is 4.47 Å². The van der Waals surface area contributed by atoms with E-state index in [4.69, 9.17) is 4.43 Å². The summed E-state index contributed by atoms with van der Waals surface area (Å²) in [5, 5.41) is 1.17. The van der Waals surface area contributed by atoms with Crippen LogP contribution in [0.1, 0.15) is 0 Å². The molecule has 0 aliphatic carbocycles. The highest BCUT2D eigenvalue weighted by molar-refractivity contribution is 9.10. The maximum atomic E-state index is 5.99. The van der Waals surface area contributed by atoms with E-state index in [-0.39, 0.29) is 0 Å². The Morgan fingerprint density at radius 1 is 1.20 bits per heavy atom. The summed E-state index contributed by atoms with van der Waals surface area (Å²) < 4.78 is 7.03. The van der Waals surface area contributed by atoms with Crippen LogP contribution in [0.2, 0.25) is 19.6 Å². The summed E-state index contributed by atoms with van der Waals surface area (Å²) >= 11 is 3.59. The lowest BCUT2D eigenvalue weighted by molar-refractivity contribution is 0.555. The first-order valence-corrected chi connectivity index (χ1v) is 9.12. The van der Waals surface area contributed by atoms with E-state index >= 15 is 0 Å². The molecule has 0 aliphatic heterocycles. The Morgan fingerprint density at radius 3 is 2.60 bits per heavy atom. The molecule has 0 spiro atoms. The second-order valence-electron chi connectivity index (χ2n) is 4.53. The smallest absolute Gasteiger partial charge is 0.242 e. The average molecular weight is 284 g/mol. The van der Waals surface area contributed by atoms with Crippen molar-refractivity contribution in [2.75, 3.05) is 0 Å². The van der Waals surface area contributed by atoms with Gasteiger partial charge < -0.3 is 9.41 Å². The molecule has 80 valence electrons. The van der Waals surface area contributed by atoms with Crippen LogP contribution in [0.5, 0.6) is 5.75 Å². The fraction of sp³-hybridized carbons (Fsp3) is 0.273. The molecule has 2 rings (SSSR count). The van der Waals surface area contributed by atoms with Gasteiger partial charge in [-0.05, 0) is 53.8 Å². The van der Waals surface area contributed by atoms with E-state index < -0.39 is 8.32 Å². The lowest BCUT2D eigenvalue weighted by atomic mass is 10.2. The molecule has 1 aromatic heterocycles. The van der Waals surface area contributed by atoms with Crippen molar-refractivity contribution in [3.05, 3.63) is 28.9 Å². The maximum absolute atomic E-state index is 5.99. The molecule has 2 aromatic rings. The minimum absolute atomic E-state index is 0.946. The Labute approximate surface area is 98.9 Å². The summed E-state index contributed by atoms with van der Waals surface area (Å²) in [4.78, 5) is 3.18. The van der Waals surface area contributed by atoms with Crippen molar-refractivity contribution in [2.24, 2.45) is 0 Å². The zero-order valence-corrected chi connectivity index (χ0v) is 11.7. The van der Waals surface area contributed by atoms with Crippen LogP contribution < -0.4 is 4.43 Å². The highest BCUT2D eigenvalue weighted by Crippen LogP contribution is 2.33. The number of halogens is 1. The number of benzene rings is 1. The van der Waals surface area contributed by atoms with Crippen LogP contribution in [0.15, 0.2) is 28.9 Å². The third-order valence-corrected chi connectivity index (χ3v) is 3.70. The second kappa shape index (κ2) is 3.68. The molecule has 4 heteroatoms. The van der Waals surface area contributed by atoms with Crippen molar-refractivity contribution in [3.8, 4) is 5.75 Å². The van der Waals surface area contributed by atoms with E-state index in [1.165, 1.54) is 5.39 Å². The molecule has 0 amide bonds. The first kappa shape index (κ1) is 10.8. The number of rotatable bonds is 2. The molecule has 1 heterocycles. The summed E-state index contributed by atoms with van der Waals surface area (Å²) in [5.41, 5.74) is 1.13. The predicted molar refractivity (Wildman–Crippen MR) is 70.0 cm³/mol. The van der Waals surface area contributed by atoms with Gasteiger partial charge in [0.1, 0.15) is 5.75 Å². The highest BCUT2D eigenvalue weighted by atomic mass is 79.9. The summed E-state index contributed by atoms with van der Waals surface area (Å²) in [6, 6.07) is 6.12. The predicted octanol–water partition coefficient (Wildman–Crippen LogP) is 4.14. The molecule has 0 fully saturated rings. The molecule has 1 aromatic carbocycles. The third-order valence-electron chi connectivity index (χ3n) is 2.05. The van der Waals surface area contributed by atoms with Gasteiger partial charge in [-0.2, -0.15) is 0 Å². The largest absolute Gasteiger partial charge is 0.544 e. The molecule has 0 unspecified atom stereocenters. The van der Waals surface area contributed by atoms with E-state index in [9.17, 15) is 0 Å². The molecule has 2 nitrogen and oxygen atoms in total. The molecule has 0 bridgehead atoms. The van der Waals surface area contributed by atoms with Crippen molar-refractivity contribution in [3.63, 3.8) is 0 Å². The van der Waals surface area contributed by atoms with Crippen LogP contribution in [-0.2, 0) is 0 Å². The molecule has 0 saturated carbocycles. The minimum Gasteiger partial charge on any atom is -0.544 e. The first-order chi connectivity index (χ1) is 6.97. The highest BCUT2D eigenvalue weighted by Gasteiger charge is 2.18. The van der Waals surface area contributed by atoms with Crippen molar-refractivity contribution in [1.29, 1.82) is 0 Å². The van der Waals surface area contributed by atoms with Crippen molar-refractivity contribution in [1.82, 2.24) is 4.98 Å². The Bertz CT molecular complexity index is 487. The van der Waals surface area contributed by atoms with Gasteiger partial charge in [0.25, 0.3) is 0 Å². The number of hydrogen-bond donors (Lipinski definition) is 1. The van der Waals surface area contributed by atoms with E-state index in [0.717, 1.165) is 15.7 Å². The standard InChI is InChI=1S/C11H14BrNOSi/c1-15(2,3)14-10-5-4-9-8(11(10)12)6-7-13-9/h4-7,13H,1-3H3. The van der Waals surface area contributed by atoms with Crippen LogP contribution >= 0.6 is 15.9 Å². The molecule has 0 aliphatic rings. The number of fused-ring (bicyclic) bond motifs is 1. The van der Waals surface area contributed by atoms with Gasteiger partial charge in [-0.15, -0.1) is 0 Å². The van der Waals surface area contributed by atoms with Gasteiger partial charge in [-0.25, -0.2) is 0 Å². The molecular weight excluding hydrogens is 270 g/mol.